The van der Waals surface area contributed by atoms with Crippen molar-refractivity contribution < 1.29 is 14.3 Å². The highest BCUT2D eigenvalue weighted by molar-refractivity contribution is 5.77. The largest absolute Gasteiger partial charge is 0.381 e. The summed E-state index contributed by atoms with van der Waals surface area (Å²) in [4.78, 5) is 11.6. The molecule has 5 nitrogen and oxygen atoms in total. The van der Waals surface area contributed by atoms with E-state index in [9.17, 15) is 4.79 Å². The van der Waals surface area contributed by atoms with Crippen molar-refractivity contribution in [2.24, 2.45) is 0 Å². The fourth-order valence-corrected chi connectivity index (χ4v) is 2.30. The zero-order chi connectivity index (χ0) is 11.9. The molecule has 0 bridgehead atoms. The van der Waals surface area contributed by atoms with Crippen LogP contribution in [0.2, 0.25) is 0 Å². The third kappa shape index (κ3) is 4.61. The van der Waals surface area contributed by atoms with Crippen LogP contribution in [0.15, 0.2) is 0 Å². The number of rotatable bonds is 5. The van der Waals surface area contributed by atoms with Gasteiger partial charge in [-0.25, -0.2) is 0 Å². The van der Waals surface area contributed by atoms with E-state index in [2.05, 4.69) is 10.6 Å². The lowest BCUT2D eigenvalue weighted by Crippen LogP contribution is -2.41. The van der Waals surface area contributed by atoms with Crippen molar-refractivity contribution in [2.45, 2.75) is 37.8 Å². The third-order valence-corrected chi connectivity index (χ3v) is 3.30. The highest BCUT2D eigenvalue weighted by atomic mass is 16.5. The molecular formula is C12H22N2O3. The van der Waals surface area contributed by atoms with Gasteiger partial charge in [0.2, 0.25) is 5.91 Å². The van der Waals surface area contributed by atoms with Gasteiger partial charge in [0.1, 0.15) is 6.61 Å². The van der Waals surface area contributed by atoms with Crippen LogP contribution in [0.25, 0.3) is 0 Å². The lowest BCUT2D eigenvalue weighted by atomic mass is 10.1. The molecule has 5 heteroatoms. The van der Waals surface area contributed by atoms with Crippen molar-refractivity contribution in [3.63, 3.8) is 0 Å². The predicted molar refractivity (Wildman–Crippen MR) is 63.8 cm³/mol. The number of carbonyl (C=O) groups is 1. The van der Waals surface area contributed by atoms with Crippen molar-refractivity contribution in [1.29, 1.82) is 0 Å². The first-order valence-electron chi connectivity index (χ1n) is 6.53. The lowest BCUT2D eigenvalue weighted by Gasteiger charge is -2.23. The van der Waals surface area contributed by atoms with Gasteiger partial charge < -0.3 is 20.1 Å². The minimum atomic E-state index is -0.00473. The Morgan fingerprint density at radius 2 is 2.18 bits per heavy atom. The summed E-state index contributed by atoms with van der Waals surface area (Å²) in [6.07, 6.45) is 4.19. The topological polar surface area (TPSA) is 59.6 Å². The fraction of sp³-hybridized carbons (Fsp3) is 0.917. The monoisotopic (exact) mass is 242 g/mol. The van der Waals surface area contributed by atoms with Crippen LogP contribution in [0.1, 0.15) is 25.7 Å². The Kier molecular flexibility index (Phi) is 5.22. The van der Waals surface area contributed by atoms with E-state index in [1.165, 1.54) is 6.42 Å². The van der Waals surface area contributed by atoms with E-state index in [1.807, 2.05) is 0 Å². The minimum absolute atomic E-state index is 0.00473. The zero-order valence-electron chi connectivity index (χ0n) is 10.2. The van der Waals surface area contributed by atoms with Gasteiger partial charge in [0, 0.05) is 25.3 Å². The Morgan fingerprint density at radius 1 is 1.35 bits per heavy atom. The maximum Gasteiger partial charge on any atom is 0.246 e. The first kappa shape index (κ1) is 12.8. The minimum Gasteiger partial charge on any atom is -0.381 e. The summed E-state index contributed by atoms with van der Waals surface area (Å²) in [6, 6.07) is 0.704. The molecule has 0 radical (unpaired) electrons. The van der Waals surface area contributed by atoms with E-state index in [-0.39, 0.29) is 18.6 Å². The Morgan fingerprint density at radius 3 is 2.88 bits per heavy atom. The smallest absolute Gasteiger partial charge is 0.246 e. The predicted octanol–water partition coefficient (Wildman–Crippen LogP) is 0.0502. The van der Waals surface area contributed by atoms with E-state index in [0.29, 0.717) is 12.6 Å². The van der Waals surface area contributed by atoms with Gasteiger partial charge >= 0.3 is 0 Å². The zero-order valence-corrected chi connectivity index (χ0v) is 10.2. The van der Waals surface area contributed by atoms with Gasteiger partial charge in [-0.1, -0.05) is 0 Å². The average molecular weight is 242 g/mol. The van der Waals surface area contributed by atoms with Crippen molar-refractivity contribution >= 4 is 5.91 Å². The van der Waals surface area contributed by atoms with Gasteiger partial charge in [0.25, 0.3) is 0 Å². The number of hydrogen-bond donors (Lipinski definition) is 2. The highest BCUT2D eigenvalue weighted by Crippen LogP contribution is 2.06. The summed E-state index contributed by atoms with van der Waals surface area (Å²) in [7, 11) is 0. The van der Waals surface area contributed by atoms with Crippen molar-refractivity contribution in [3.05, 3.63) is 0 Å². The van der Waals surface area contributed by atoms with Crippen LogP contribution < -0.4 is 10.6 Å². The molecular weight excluding hydrogens is 220 g/mol. The quantitative estimate of drug-likeness (QED) is 0.715. The molecule has 2 aliphatic heterocycles. The van der Waals surface area contributed by atoms with E-state index in [1.54, 1.807) is 0 Å². The second-order valence-electron chi connectivity index (χ2n) is 4.76. The molecule has 1 atom stereocenters. The van der Waals surface area contributed by atoms with Crippen molar-refractivity contribution in [3.8, 4) is 0 Å². The number of amides is 1. The van der Waals surface area contributed by atoms with Gasteiger partial charge in [0.15, 0.2) is 0 Å². The summed E-state index contributed by atoms with van der Waals surface area (Å²) in [5.74, 6) is -0.00473. The molecule has 2 rings (SSSR count). The van der Waals surface area contributed by atoms with Crippen LogP contribution in [0.5, 0.6) is 0 Å². The number of carbonyl (C=O) groups excluding carboxylic acids is 1. The molecule has 17 heavy (non-hydrogen) atoms. The Hall–Kier alpha value is -0.650. The molecule has 0 aromatic carbocycles. The van der Waals surface area contributed by atoms with Crippen LogP contribution in [-0.4, -0.2) is 51.0 Å². The first-order valence-corrected chi connectivity index (χ1v) is 6.53. The Labute approximate surface area is 102 Å². The molecule has 1 amide bonds. The van der Waals surface area contributed by atoms with Crippen LogP contribution in [0.3, 0.4) is 0 Å². The molecule has 0 saturated carbocycles. The van der Waals surface area contributed by atoms with Gasteiger partial charge in [-0.3, -0.25) is 4.79 Å². The fourth-order valence-electron chi connectivity index (χ4n) is 2.30. The van der Waals surface area contributed by atoms with Crippen LogP contribution in [-0.2, 0) is 14.3 Å². The van der Waals surface area contributed by atoms with Crippen LogP contribution in [0.4, 0.5) is 0 Å². The highest BCUT2D eigenvalue weighted by Gasteiger charge is 2.17. The number of hydrogen-bond acceptors (Lipinski definition) is 4. The lowest BCUT2D eigenvalue weighted by molar-refractivity contribution is -0.127. The van der Waals surface area contributed by atoms with Crippen LogP contribution >= 0.6 is 0 Å². The summed E-state index contributed by atoms with van der Waals surface area (Å²) in [5, 5.41) is 6.32. The van der Waals surface area contributed by atoms with Gasteiger partial charge in [-0.05, 0) is 32.2 Å². The molecule has 2 aliphatic rings. The molecule has 0 spiro atoms. The summed E-state index contributed by atoms with van der Waals surface area (Å²) < 4.78 is 10.7. The standard InChI is InChI=1S/C12H22N2O3/c15-12(14-10-3-6-16-7-4-10)9-17-8-11-2-1-5-13-11/h10-11,13H,1-9H2,(H,14,15). The molecule has 1 unspecified atom stereocenters. The Bertz CT molecular complexity index is 236. The maximum atomic E-state index is 11.6. The third-order valence-electron chi connectivity index (χ3n) is 3.30. The van der Waals surface area contributed by atoms with E-state index >= 15 is 0 Å². The van der Waals surface area contributed by atoms with Gasteiger partial charge in [0.05, 0.1) is 6.61 Å². The Balaban J connectivity index is 1.53. The molecule has 2 heterocycles. The first-order chi connectivity index (χ1) is 8.34. The summed E-state index contributed by atoms with van der Waals surface area (Å²) in [5.41, 5.74) is 0. The molecule has 0 aromatic rings. The molecule has 0 aromatic heterocycles. The molecule has 2 saturated heterocycles. The van der Waals surface area contributed by atoms with Gasteiger partial charge in [-0.15, -0.1) is 0 Å². The van der Waals surface area contributed by atoms with Gasteiger partial charge in [-0.2, -0.15) is 0 Å². The second kappa shape index (κ2) is 6.93. The van der Waals surface area contributed by atoms with E-state index in [4.69, 9.17) is 9.47 Å². The van der Waals surface area contributed by atoms with E-state index < -0.39 is 0 Å². The summed E-state index contributed by atoms with van der Waals surface area (Å²) >= 11 is 0. The maximum absolute atomic E-state index is 11.6. The second-order valence-corrected chi connectivity index (χ2v) is 4.76. The molecule has 98 valence electrons. The van der Waals surface area contributed by atoms with Crippen molar-refractivity contribution in [1.82, 2.24) is 10.6 Å². The van der Waals surface area contributed by atoms with Crippen molar-refractivity contribution in [2.75, 3.05) is 33.0 Å². The molecule has 2 fully saturated rings. The average Bonchev–Trinajstić information content (AvgIpc) is 2.83. The van der Waals surface area contributed by atoms with E-state index in [0.717, 1.165) is 39.0 Å². The molecule has 2 N–H and O–H groups in total. The number of nitrogens with one attached hydrogen (secondary N) is 2. The molecule has 0 aliphatic carbocycles. The van der Waals surface area contributed by atoms with Crippen LogP contribution in [0, 0.1) is 0 Å². The number of ether oxygens (including phenoxy) is 2. The normalized spacial score (nSPS) is 26.0. The SMILES string of the molecule is O=C(COCC1CCCN1)NC1CCOCC1. The summed E-state index contributed by atoms with van der Waals surface area (Å²) in [6.45, 7) is 3.38.